The number of aromatic nitrogens is 2. The second kappa shape index (κ2) is 10.7. The van der Waals surface area contributed by atoms with Crippen LogP contribution in [-0.4, -0.2) is 64.6 Å². The predicted molar refractivity (Wildman–Crippen MR) is 150 cm³/mol. The molecule has 10 nitrogen and oxygen atoms in total. The van der Waals surface area contributed by atoms with Gasteiger partial charge in [-0.2, -0.15) is 0 Å². The van der Waals surface area contributed by atoms with Gasteiger partial charge in [-0.25, -0.2) is 24.5 Å². The third kappa shape index (κ3) is 5.98. The Balaban J connectivity index is 1.52. The molecule has 0 saturated carbocycles. The molecule has 11 heteroatoms. The van der Waals surface area contributed by atoms with Gasteiger partial charge in [-0.1, -0.05) is 11.6 Å². The smallest absolute Gasteiger partial charge is 0.420 e. The molecule has 2 amide bonds. The highest BCUT2D eigenvalue weighted by Crippen LogP contribution is 2.47. The van der Waals surface area contributed by atoms with Crippen molar-refractivity contribution >= 4 is 35.3 Å². The van der Waals surface area contributed by atoms with E-state index in [1.54, 1.807) is 4.90 Å². The van der Waals surface area contributed by atoms with Gasteiger partial charge in [0.2, 0.25) is 0 Å². The van der Waals surface area contributed by atoms with Gasteiger partial charge in [0, 0.05) is 38.1 Å². The molecule has 40 heavy (non-hydrogen) atoms. The van der Waals surface area contributed by atoms with Gasteiger partial charge in [-0.15, -0.1) is 0 Å². The number of nitrogens with zero attached hydrogens (tertiary/aromatic N) is 4. The maximum Gasteiger partial charge on any atom is 0.420 e. The highest BCUT2D eigenvalue weighted by Gasteiger charge is 2.39. The molecular formula is C29H37ClN4O6. The number of anilines is 2. The Morgan fingerprint density at radius 1 is 0.950 bits per heavy atom. The topological polar surface area (TPSA) is 103 Å². The van der Waals surface area contributed by atoms with E-state index in [0.717, 1.165) is 29.7 Å². The van der Waals surface area contributed by atoms with Crippen molar-refractivity contribution in [2.45, 2.75) is 84.0 Å². The van der Waals surface area contributed by atoms with Gasteiger partial charge in [-0.05, 0) is 72.1 Å². The van der Waals surface area contributed by atoms with Crippen LogP contribution in [0.4, 0.5) is 21.1 Å². The van der Waals surface area contributed by atoms with E-state index in [-0.39, 0.29) is 24.5 Å². The summed E-state index contributed by atoms with van der Waals surface area (Å²) in [5.74, 6) is 0.967. The number of rotatable bonds is 2. The van der Waals surface area contributed by atoms with Gasteiger partial charge in [0.15, 0.2) is 11.6 Å². The molecule has 0 atom stereocenters. The van der Waals surface area contributed by atoms with Crippen LogP contribution in [-0.2, 0) is 20.8 Å². The van der Waals surface area contributed by atoms with Crippen LogP contribution >= 0.6 is 11.6 Å². The summed E-state index contributed by atoms with van der Waals surface area (Å²) in [5, 5.41) is 0.366. The molecule has 3 aliphatic rings. The number of likely N-dealkylation sites (tertiary alicyclic amines) is 1. The SMILES string of the molecule is CC(C)(C)OC(=O)N1CC(c2cc(Cl)c3c(c2)N(C(=O)OC(C)(C)C)c2ncnc(C4CCOCC4)c2CO3)C1. The van der Waals surface area contributed by atoms with Gasteiger partial charge in [0.05, 0.1) is 22.0 Å². The molecule has 0 N–H and O–H groups in total. The molecule has 2 saturated heterocycles. The quantitative estimate of drug-likeness (QED) is 0.411. The van der Waals surface area contributed by atoms with E-state index in [0.29, 0.717) is 48.6 Å². The van der Waals surface area contributed by atoms with Crippen LogP contribution < -0.4 is 9.64 Å². The van der Waals surface area contributed by atoms with E-state index in [1.165, 1.54) is 11.2 Å². The molecule has 0 unspecified atom stereocenters. The van der Waals surface area contributed by atoms with Crippen LogP contribution in [0, 0.1) is 0 Å². The fraction of sp³-hybridized carbons (Fsp3) is 0.586. The fourth-order valence-electron chi connectivity index (χ4n) is 5.13. The average Bonchev–Trinajstić information content (AvgIpc) is 2.98. The highest BCUT2D eigenvalue weighted by molar-refractivity contribution is 6.33. The number of amides is 2. The van der Waals surface area contributed by atoms with Crippen LogP contribution in [0.5, 0.6) is 5.75 Å². The lowest BCUT2D eigenvalue weighted by Gasteiger charge is -2.40. The Hall–Kier alpha value is -3.11. The van der Waals surface area contributed by atoms with Crippen molar-refractivity contribution < 1.29 is 28.5 Å². The molecule has 2 aromatic rings. The second-order valence-electron chi connectivity index (χ2n) is 12.5. The minimum Gasteiger partial charge on any atom is -0.485 e. The van der Waals surface area contributed by atoms with Crippen molar-refractivity contribution in [2.24, 2.45) is 0 Å². The minimum atomic E-state index is -0.746. The lowest BCUT2D eigenvalue weighted by atomic mass is 9.91. The summed E-state index contributed by atoms with van der Waals surface area (Å²) in [5.41, 5.74) is 1.59. The highest BCUT2D eigenvalue weighted by atomic mass is 35.5. The first-order valence-corrected chi connectivity index (χ1v) is 14.1. The van der Waals surface area contributed by atoms with E-state index >= 15 is 0 Å². The van der Waals surface area contributed by atoms with Crippen LogP contribution in [0.1, 0.15) is 83.0 Å². The maximum atomic E-state index is 13.8. The third-order valence-corrected chi connectivity index (χ3v) is 7.29. The zero-order valence-electron chi connectivity index (χ0n) is 24.0. The zero-order chi connectivity index (χ0) is 28.8. The number of hydrogen-bond acceptors (Lipinski definition) is 8. The summed E-state index contributed by atoms with van der Waals surface area (Å²) in [7, 11) is 0. The molecule has 216 valence electrons. The van der Waals surface area contributed by atoms with Crippen LogP contribution in [0.2, 0.25) is 5.02 Å². The zero-order valence-corrected chi connectivity index (χ0v) is 24.7. The molecule has 3 aliphatic heterocycles. The number of halogens is 1. The summed E-state index contributed by atoms with van der Waals surface area (Å²) >= 11 is 6.80. The van der Waals surface area contributed by atoms with E-state index in [2.05, 4.69) is 9.97 Å². The molecule has 5 rings (SSSR count). The summed E-state index contributed by atoms with van der Waals surface area (Å²) in [6, 6.07) is 3.72. The van der Waals surface area contributed by atoms with Crippen LogP contribution in [0.3, 0.4) is 0 Å². The molecule has 2 fully saturated rings. The molecule has 0 bridgehead atoms. The number of hydrogen-bond donors (Lipinski definition) is 0. The standard InChI is InChI=1S/C29H37ClN4O6/c1-28(2,3)39-26(35)33-13-19(14-33)18-11-21(30)24-22(12-18)34(27(36)40-29(4,5)6)25-20(15-38-24)23(31-16-32-25)17-7-9-37-10-8-17/h11-12,16-17,19H,7-10,13-15H2,1-6H3. The molecule has 0 radical (unpaired) electrons. The number of carbonyl (C=O) groups excluding carboxylic acids is 2. The fourth-order valence-corrected chi connectivity index (χ4v) is 5.41. The van der Waals surface area contributed by atoms with E-state index in [1.807, 2.05) is 53.7 Å². The van der Waals surface area contributed by atoms with Crippen molar-refractivity contribution in [3.05, 3.63) is 40.3 Å². The molecule has 0 aliphatic carbocycles. The predicted octanol–water partition coefficient (Wildman–Crippen LogP) is 6.32. The first-order valence-electron chi connectivity index (χ1n) is 13.7. The van der Waals surface area contributed by atoms with Crippen LogP contribution in [0.25, 0.3) is 0 Å². The van der Waals surface area contributed by atoms with E-state index in [4.69, 9.17) is 30.5 Å². The average molecular weight is 573 g/mol. The summed E-state index contributed by atoms with van der Waals surface area (Å²) in [4.78, 5) is 38.6. The van der Waals surface area contributed by atoms with E-state index < -0.39 is 17.3 Å². The largest absolute Gasteiger partial charge is 0.485 e. The molecule has 1 aromatic heterocycles. The summed E-state index contributed by atoms with van der Waals surface area (Å²) < 4.78 is 23.2. The van der Waals surface area contributed by atoms with Crippen molar-refractivity contribution in [3.8, 4) is 5.75 Å². The lowest BCUT2D eigenvalue weighted by Crippen LogP contribution is -2.50. The lowest BCUT2D eigenvalue weighted by molar-refractivity contribution is 0.00818. The van der Waals surface area contributed by atoms with Crippen molar-refractivity contribution in [1.82, 2.24) is 14.9 Å². The Morgan fingerprint density at radius 2 is 1.60 bits per heavy atom. The third-order valence-electron chi connectivity index (χ3n) is 7.00. The number of ether oxygens (including phenoxy) is 4. The normalized spacial score (nSPS) is 18.2. The Bertz CT molecular complexity index is 1290. The summed E-state index contributed by atoms with van der Waals surface area (Å²) in [6.07, 6.45) is 2.19. The van der Waals surface area contributed by atoms with E-state index in [9.17, 15) is 9.59 Å². The van der Waals surface area contributed by atoms with Gasteiger partial charge >= 0.3 is 12.2 Å². The number of fused-ring (bicyclic) bond motifs is 2. The Labute approximate surface area is 239 Å². The molecule has 0 spiro atoms. The second-order valence-corrected chi connectivity index (χ2v) is 12.9. The van der Waals surface area contributed by atoms with Gasteiger partial charge in [0.1, 0.15) is 24.1 Å². The van der Waals surface area contributed by atoms with Crippen molar-refractivity contribution in [2.75, 3.05) is 31.2 Å². The number of benzene rings is 1. The molecular weight excluding hydrogens is 536 g/mol. The Kier molecular flexibility index (Phi) is 7.60. The van der Waals surface area contributed by atoms with Gasteiger partial charge in [0.25, 0.3) is 0 Å². The minimum absolute atomic E-state index is 0.0155. The van der Waals surface area contributed by atoms with Crippen molar-refractivity contribution in [3.63, 3.8) is 0 Å². The van der Waals surface area contributed by atoms with Crippen molar-refractivity contribution in [1.29, 1.82) is 0 Å². The van der Waals surface area contributed by atoms with Gasteiger partial charge < -0.3 is 23.8 Å². The summed E-state index contributed by atoms with van der Waals surface area (Å²) in [6.45, 7) is 13.4. The molecule has 4 heterocycles. The van der Waals surface area contributed by atoms with Crippen LogP contribution in [0.15, 0.2) is 18.5 Å². The monoisotopic (exact) mass is 572 g/mol. The van der Waals surface area contributed by atoms with Gasteiger partial charge in [-0.3, -0.25) is 0 Å². The first kappa shape index (κ1) is 28.4. The number of carbonyl (C=O) groups is 2. The molecule has 1 aromatic carbocycles. The first-order chi connectivity index (χ1) is 18.8. The maximum absolute atomic E-state index is 13.8. The Morgan fingerprint density at radius 3 is 2.25 bits per heavy atom.